The molecular formula is C14H24O2. The first kappa shape index (κ1) is 13.5. The van der Waals surface area contributed by atoms with Crippen LogP contribution in [0.25, 0.3) is 0 Å². The first-order chi connectivity index (χ1) is 7.76. The Balaban J connectivity index is 0.000000160. The molecule has 4 atom stereocenters. The van der Waals surface area contributed by atoms with Gasteiger partial charge < -0.3 is 10.2 Å². The Bertz CT molecular complexity index is 219. The molecule has 0 bridgehead atoms. The predicted molar refractivity (Wildman–Crippen MR) is 67.0 cm³/mol. The Morgan fingerprint density at radius 2 is 1.25 bits per heavy atom. The summed E-state index contributed by atoms with van der Waals surface area (Å²) in [5.74, 6) is 2.58. The molecule has 2 saturated carbocycles. The molecule has 92 valence electrons. The minimum Gasteiger partial charge on any atom is -0.396 e. The van der Waals surface area contributed by atoms with Gasteiger partial charge in [-0.15, -0.1) is 0 Å². The number of aliphatic hydroxyl groups excluding tert-OH is 2. The molecule has 16 heavy (non-hydrogen) atoms. The molecule has 2 aliphatic rings. The van der Waals surface area contributed by atoms with E-state index in [9.17, 15) is 0 Å². The highest BCUT2D eigenvalue weighted by molar-refractivity contribution is 5.01. The molecule has 2 rings (SSSR count). The standard InChI is InChI=1S/2C7H12O/c2*1-2-3-6-4-7(6)5-8/h2*2-3,6-8H,4-5H2,1H3/b2*3-2+/t2*6-,7+/m10/s1. The molecule has 0 heterocycles. The van der Waals surface area contributed by atoms with Crippen LogP contribution in [0.2, 0.25) is 0 Å². The van der Waals surface area contributed by atoms with Gasteiger partial charge >= 0.3 is 0 Å². The van der Waals surface area contributed by atoms with Gasteiger partial charge in [-0.1, -0.05) is 24.3 Å². The Morgan fingerprint density at radius 3 is 1.44 bits per heavy atom. The van der Waals surface area contributed by atoms with Crippen molar-refractivity contribution in [1.29, 1.82) is 0 Å². The van der Waals surface area contributed by atoms with Gasteiger partial charge in [0.2, 0.25) is 0 Å². The van der Waals surface area contributed by atoms with Crippen LogP contribution in [0.3, 0.4) is 0 Å². The average molecular weight is 224 g/mol. The molecule has 0 aliphatic heterocycles. The molecule has 0 spiro atoms. The fourth-order valence-electron chi connectivity index (χ4n) is 1.93. The second-order valence-electron chi connectivity index (χ2n) is 4.74. The van der Waals surface area contributed by atoms with E-state index in [-0.39, 0.29) is 0 Å². The zero-order chi connectivity index (χ0) is 12.0. The van der Waals surface area contributed by atoms with Gasteiger partial charge in [0, 0.05) is 13.2 Å². The molecule has 0 saturated heterocycles. The summed E-state index contributed by atoms with van der Waals surface area (Å²) in [6.07, 6.45) is 10.8. The van der Waals surface area contributed by atoms with Crippen molar-refractivity contribution in [2.45, 2.75) is 26.7 Å². The smallest absolute Gasteiger partial charge is 0.0465 e. The van der Waals surface area contributed by atoms with Crippen molar-refractivity contribution < 1.29 is 10.2 Å². The molecule has 0 aromatic rings. The van der Waals surface area contributed by atoms with Gasteiger partial charge in [0.25, 0.3) is 0 Å². The van der Waals surface area contributed by atoms with Gasteiger partial charge in [0.15, 0.2) is 0 Å². The van der Waals surface area contributed by atoms with E-state index >= 15 is 0 Å². The van der Waals surface area contributed by atoms with Crippen molar-refractivity contribution in [3.8, 4) is 0 Å². The average Bonchev–Trinajstić information content (AvgIpc) is 3.16. The summed E-state index contributed by atoms with van der Waals surface area (Å²) in [5, 5.41) is 17.1. The van der Waals surface area contributed by atoms with E-state index in [1.807, 2.05) is 13.8 Å². The van der Waals surface area contributed by atoms with Gasteiger partial charge in [0.05, 0.1) is 0 Å². The first-order valence-electron chi connectivity index (χ1n) is 6.24. The molecule has 2 heteroatoms. The molecule has 2 N–H and O–H groups in total. The number of hydrogen-bond donors (Lipinski definition) is 2. The summed E-state index contributed by atoms with van der Waals surface area (Å²) in [5.41, 5.74) is 0. The van der Waals surface area contributed by atoms with E-state index in [1.54, 1.807) is 0 Å². The Hall–Kier alpha value is -0.600. The molecule has 0 aromatic heterocycles. The van der Waals surface area contributed by atoms with Crippen LogP contribution in [-0.4, -0.2) is 23.4 Å². The maximum atomic E-state index is 8.57. The van der Waals surface area contributed by atoms with Crippen molar-refractivity contribution in [2.24, 2.45) is 23.7 Å². The topological polar surface area (TPSA) is 40.5 Å². The third kappa shape index (κ3) is 4.50. The highest BCUT2D eigenvalue weighted by Gasteiger charge is 2.33. The minimum absolute atomic E-state index is 0.370. The fourth-order valence-corrected chi connectivity index (χ4v) is 1.93. The lowest BCUT2D eigenvalue weighted by Crippen LogP contribution is -1.84. The van der Waals surface area contributed by atoms with E-state index in [0.717, 1.165) is 0 Å². The molecule has 2 fully saturated rings. The zero-order valence-electron chi connectivity index (χ0n) is 10.3. The third-order valence-corrected chi connectivity index (χ3v) is 3.30. The van der Waals surface area contributed by atoms with Crippen molar-refractivity contribution in [1.82, 2.24) is 0 Å². The molecule has 0 aromatic carbocycles. The van der Waals surface area contributed by atoms with Crippen molar-refractivity contribution in [3.05, 3.63) is 24.3 Å². The van der Waals surface area contributed by atoms with Gasteiger partial charge in [-0.2, -0.15) is 0 Å². The van der Waals surface area contributed by atoms with Crippen LogP contribution in [0.5, 0.6) is 0 Å². The van der Waals surface area contributed by atoms with Crippen LogP contribution in [0, 0.1) is 23.7 Å². The van der Waals surface area contributed by atoms with Crippen molar-refractivity contribution >= 4 is 0 Å². The second kappa shape index (κ2) is 6.87. The number of rotatable bonds is 4. The molecule has 2 aliphatic carbocycles. The lowest BCUT2D eigenvalue weighted by atomic mass is 10.3. The number of allylic oxidation sites excluding steroid dienone is 4. The van der Waals surface area contributed by atoms with E-state index in [4.69, 9.17) is 10.2 Å². The SMILES string of the molecule is C/C=C/[C@@H]1C[C@H]1CO.C/C=C/[C@H]1C[C@@H]1CO. The van der Waals surface area contributed by atoms with Gasteiger partial charge in [0.1, 0.15) is 0 Å². The Kier molecular flexibility index (Phi) is 5.78. The molecule has 0 amide bonds. The molecule has 2 nitrogen and oxygen atoms in total. The Labute approximate surface area is 98.7 Å². The summed E-state index contributed by atoms with van der Waals surface area (Å²) >= 11 is 0. The van der Waals surface area contributed by atoms with E-state index in [1.165, 1.54) is 12.8 Å². The largest absolute Gasteiger partial charge is 0.396 e. The van der Waals surface area contributed by atoms with Crippen molar-refractivity contribution in [3.63, 3.8) is 0 Å². The lowest BCUT2D eigenvalue weighted by Gasteiger charge is -1.82. The summed E-state index contributed by atoms with van der Waals surface area (Å²) in [4.78, 5) is 0. The van der Waals surface area contributed by atoms with E-state index in [2.05, 4.69) is 24.3 Å². The monoisotopic (exact) mass is 224 g/mol. The normalized spacial score (nSPS) is 36.2. The van der Waals surface area contributed by atoms with Crippen LogP contribution in [0.4, 0.5) is 0 Å². The van der Waals surface area contributed by atoms with Crippen LogP contribution < -0.4 is 0 Å². The predicted octanol–water partition coefficient (Wildman–Crippen LogP) is 2.38. The number of hydrogen-bond acceptors (Lipinski definition) is 2. The summed E-state index contributed by atoms with van der Waals surface area (Å²) in [6.45, 7) is 4.78. The van der Waals surface area contributed by atoms with Crippen molar-refractivity contribution in [2.75, 3.05) is 13.2 Å². The second-order valence-corrected chi connectivity index (χ2v) is 4.74. The van der Waals surface area contributed by atoms with Crippen LogP contribution in [0.15, 0.2) is 24.3 Å². The quantitative estimate of drug-likeness (QED) is 0.720. The van der Waals surface area contributed by atoms with Crippen LogP contribution in [0.1, 0.15) is 26.7 Å². The van der Waals surface area contributed by atoms with Crippen LogP contribution >= 0.6 is 0 Å². The van der Waals surface area contributed by atoms with Crippen LogP contribution in [-0.2, 0) is 0 Å². The summed E-state index contributed by atoms with van der Waals surface area (Å²) in [7, 11) is 0. The van der Waals surface area contributed by atoms with E-state index in [0.29, 0.717) is 36.9 Å². The van der Waals surface area contributed by atoms with Gasteiger partial charge in [-0.3, -0.25) is 0 Å². The zero-order valence-corrected chi connectivity index (χ0v) is 10.3. The van der Waals surface area contributed by atoms with Gasteiger partial charge in [-0.25, -0.2) is 0 Å². The molecular weight excluding hydrogens is 200 g/mol. The summed E-state index contributed by atoms with van der Waals surface area (Å²) < 4.78 is 0. The minimum atomic E-state index is 0.370. The fraction of sp³-hybridized carbons (Fsp3) is 0.714. The van der Waals surface area contributed by atoms with Gasteiger partial charge in [-0.05, 0) is 50.4 Å². The van der Waals surface area contributed by atoms with E-state index < -0.39 is 0 Å². The molecule has 0 unspecified atom stereocenters. The third-order valence-electron chi connectivity index (χ3n) is 3.30. The number of aliphatic hydroxyl groups is 2. The highest BCUT2D eigenvalue weighted by Crippen LogP contribution is 2.39. The maximum absolute atomic E-state index is 8.57. The summed E-state index contributed by atoms with van der Waals surface area (Å²) in [6, 6.07) is 0. The maximum Gasteiger partial charge on any atom is 0.0465 e. The lowest BCUT2D eigenvalue weighted by molar-refractivity contribution is 0.272. The Morgan fingerprint density at radius 1 is 0.875 bits per heavy atom. The first-order valence-corrected chi connectivity index (χ1v) is 6.24. The highest BCUT2D eigenvalue weighted by atomic mass is 16.3. The molecule has 0 radical (unpaired) electrons.